The largest absolute Gasteiger partial charge is 0.631 e. The van der Waals surface area contributed by atoms with Crippen molar-refractivity contribution in [2.24, 2.45) is 0 Å². The molecule has 2 atom stereocenters. The Bertz CT molecular complexity index is 192. The van der Waals surface area contributed by atoms with Gasteiger partial charge in [-0.3, -0.25) is 0 Å². The Labute approximate surface area is 86.2 Å². The maximum Gasteiger partial charge on any atom is 0.631 e. The lowest BCUT2D eigenvalue weighted by atomic mass is 10.0. The van der Waals surface area contributed by atoms with Crippen molar-refractivity contribution in [1.29, 1.82) is 0 Å². The summed E-state index contributed by atoms with van der Waals surface area (Å²) in [7, 11) is -2.17. The van der Waals surface area contributed by atoms with E-state index in [-0.39, 0.29) is 13.0 Å². The van der Waals surface area contributed by atoms with E-state index in [1.54, 1.807) is 0 Å². The van der Waals surface area contributed by atoms with Crippen molar-refractivity contribution in [1.82, 2.24) is 0 Å². The molecule has 1 fully saturated rings. The van der Waals surface area contributed by atoms with Crippen molar-refractivity contribution in [2.75, 3.05) is 6.61 Å². The van der Waals surface area contributed by atoms with Crippen molar-refractivity contribution in [3.63, 3.8) is 0 Å². The Morgan fingerprint density at radius 3 is 1.80 bits per heavy atom. The second-order valence-corrected chi connectivity index (χ2v) is 3.04. The van der Waals surface area contributed by atoms with Crippen molar-refractivity contribution in [3.05, 3.63) is 0 Å². The van der Waals surface area contributed by atoms with E-state index in [4.69, 9.17) is 30.4 Å². The van der Waals surface area contributed by atoms with Gasteiger partial charge in [-0.15, -0.1) is 0 Å². The molecule has 0 amide bonds. The van der Waals surface area contributed by atoms with Gasteiger partial charge in [0.15, 0.2) is 0 Å². The maximum atomic E-state index is 9.32. The Morgan fingerprint density at radius 1 is 1.27 bits per heavy atom. The highest BCUT2D eigenvalue weighted by Crippen LogP contribution is 2.34. The summed E-state index contributed by atoms with van der Waals surface area (Å²) in [6, 6.07) is 0. The molecule has 0 bridgehead atoms. The molecule has 2 unspecified atom stereocenters. The van der Waals surface area contributed by atoms with Crippen LogP contribution in [0, 0.1) is 0 Å². The fourth-order valence-corrected chi connectivity index (χ4v) is 1.06. The Kier molecular flexibility index (Phi) is 5.10. The molecule has 0 aromatic carbocycles. The fraction of sp³-hybridized carbons (Fsp3) is 1.00. The van der Waals surface area contributed by atoms with Crippen LogP contribution in [-0.2, 0) is 4.74 Å². The van der Waals surface area contributed by atoms with Gasteiger partial charge in [-0.25, -0.2) is 0 Å². The summed E-state index contributed by atoms with van der Waals surface area (Å²) in [4.78, 5) is 0. The monoisotopic (exact) mass is 226 g/mol. The quantitative estimate of drug-likeness (QED) is 0.177. The minimum absolute atomic E-state index is 0.0110. The SMILES string of the molecule is CCC1(O)OCC(O)C1(O)O.OB(O)O. The summed E-state index contributed by atoms with van der Waals surface area (Å²) < 4.78 is 4.62. The molecular formula is C6H15BO8. The first-order valence-corrected chi connectivity index (χ1v) is 4.20. The van der Waals surface area contributed by atoms with Gasteiger partial charge >= 0.3 is 7.32 Å². The maximum absolute atomic E-state index is 9.32. The van der Waals surface area contributed by atoms with Crippen LogP contribution in [0.15, 0.2) is 0 Å². The van der Waals surface area contributed by atoms with Crippen LogP contribution in [0.4, 0.5) is 0 Å². The average molecular weight is 226 g/mol. The molecular weight excluding hydrogens is 211 g/mol. The zero-order chi connectivity index (χ0) is 12.3. The van der Waals surface area contributed by atoms with Gasteiger partial charge in [0.2, 0.25) is 11.6 Å². The van der Waals surface area contributed by atoms with Gasteiger partial charge in [0, 0.05) is 6.42 Å². The zero-order valence-corrected chi connectivity index (χ0v) is 8.11. The molecule has 1 rings (SSSR count). The molecule has 15 heavy (non-hydrogen) atoms. The Hall–Kier alpha value is -0.255. The van der Waals surface area contributed by atoms with E-state index in [1.807, 2.05) is 0 Å². The third-order valence-electron chi connectivity index (χ3n) is 2.00. The van der Waals surface area contributed by atoms with E-state index in [2.05, 4.69) is 4.74 Å². The van der Waals surface area contributed by atoms with Gasteiger partial charge in [-0.1, -0.05) is 6.92 Å². The van der Waals surface area contributed by atoms with Gasteiger partial charge in [-0.2, -0.15) is 0 Å². The van der Waals surface area contributed by atoms with Crippen LogP contribution in [-0.4, -0.2) is 67.1 Å². The van der Waals surface area contributed by atoms with Crippen LogP contribution in [0.25, 0.3) is 0 Å². The molecule has 0 aliphatic carbocycles. The third kappa shape index (κ3) is 3.36. The number of hydrogen-bond donors (Lipinski definition) is 7. The molecule has 90 valence electrons. The van der Waals surface area contributed by atoms with Crippen molar-refractivity contribution >= 4 is 7.32 Å². The van der Waals surface area contributed by atoms with E-state index in [9.17, 15) is 5.11 Å². The van der Waals surface area contributed by atoms with Gasteiger partial charge < -0.3 is 40.2 Å². The fourth-order valence-electron chi connectivity index (χ4n) is 1.06. The first-order chi connectivity index (χ1) is 6.67. The minimum atomic E-state index is -2.55. The van der Waals surface area contributed by atoms with Crippen LogP contribution < -0.4 is 0 Å². The second kappa shape index (κ2) is 5.19. The molecule has 8 nitrogen and oxygen atoms in total. The molecule has 1 saturated heterocycles. The lowest BCUT2D eigenvalue weighted by Gasteiger charge is -2.31. The lowest BCUT2D eigenvalue weighted by Crippen LogP contribution is -2.55. The molecule has 0 aromatic rings. The second-order valence-electron chi connectivity index (χ2n) is 3.04. The predicted molar refractivity (Wildman–Crippen MR) is 46.8 cm³/mol. The summed E-state index contributed by atoms with van der Waals surface area (Å²) >= 11 is 0. The number of ether oxygens (including phenoxy) is 1. The lowest BCUT2D eigenvalue weighted by molar-refractivity contribution is -0.344. The standard InChI is InChI=1S/C6H12O5.BH3O3/c1-2-5(8)6(9,10)4(7)3-11-5;2-1(3)4/h4,7-10H,2-3H2,1H3;2-4H. The number of aliphatic hydroxyl groups excluding tert-OH is 1. The first kappa shape index (κ1) is 14.7. The normalized spacial score (nSPS) is 33.2. The van der Waals surface area contributed by atoms with Crippen LogP contribution >= 0.6 is 0 Å². The van der Waals surface area contributed by atoms with Crippen LogP contribution in [0.5, 0.6) is 0 Å². The first-order valence-electron chi connectivity index (χ1n) is 4.20. The number of aliphatic hydroxyl groups is 4. The van der Waals surface area contributed by atoms with E-state index >= 15 is 0 Å². The average Bonchev–Trinajstić information content (AvgIpc) is 2.29. The van der Waals surface area contributed by atoms with Crippen LogP contribution in [0.1, 0.15) is 13.3 Å². The van der Waals surface area contributed by atoms with Crippen molar-refractivity contribution in [3.8, 4) is 0 Å². The molecule has 0 aromatic heterocycles. The van der Waals surface area contributed by atoms with Gasteiger partial charge in [0.25, 0.3) is 0 Å². The molecule has 0 radical (unpaired) electrons. The topological polar surface area (TPSA) is 151 Å². The predicted octanol–water partition coefficient (Wildman–Crippen LogP) is -3.89. The molecule has 0 saturated carbocycles. The van der Waals surface area contributed by atoms with Crippen LogP contribution in [0.2, 0.25) is 0 Å². The van der Waals surface area contributed by atoms with Gasteiger partial charge in [0.05, 0.1) is 6.61 Å². The summed E-state index contributed by atoms with van der Waals surface area (Å²) in [5, 5.41) is 58.0. The highest BCUT2D eigenvalue weighted by molar-refractivity contribution is 6.30. The summed E-state index contributed by atoms with van der Waals surface area (Å²) in [6.45, 7) is 1.26. The molecule has 1 aliphatic heterocycles. The highest BCUT2D eigenvalue weighted by atomic mass is 16.7. The molecule has 9 heteroatoms. The van der Waals surface area contributed by atoms with Crippen molar-refractivity contribution in [2.45, 2.75) is 31.0 Å². The van der Waals surface area contributed by atoms with E-state index in [0.717, 1.165) is 0 Å². The summed E-state index contributed by atoms with van der Waals surface area (Å²) in [6.07, 6.45) is -1.44. The third-order valence-corrected chi connectivity index (χ3v) is 2.00. The minimum Gasteiger partial charge on any atom is -0.402 e. The zero-order valence-electron chi connectivity index (χ0n) is 8.11. The summed E-state index contributed by atoms with van der Waals surface area (Å²) in [5.74, 6) is -4.59. The molecule has 7 N–H and O–H groups in total. The number of hydrogen-bond acceptors (Lipinski definition) is 8. The highest BCUT2D eigenvalue weighted by Gasteiger charge is 2.59. The smallest absolute Gasteiger partial charge is 0.402 e. The Morgan fingerprint density at radius 2 is 1.67 bits per heavy atom. The molecule has 1 aliphatic rings. The summed E-state index contributed by atoms with van der Waals surface area (Å²) in [5.41, 5.74) is 0. The van der Waals surface area contributed by atoms with Crippen molar-refractivity contribution < 1.29 is 40.2 Å². The van der Waals surface area contributed by atoms with Gasteiger partial charge in [0.1, 0.15) is 6.10 Å². The Balaban J connectivity index is 0.000000423. The van der Waals surface area contributed by atoms with Gasteiger partial charge in [-0.05, 0) is 0 Å². The van der Waals surface area contributed by atoms with Crippen LogP contribution in [0.3, 0.4) is 0 Å². The number of rotatable bonds is 1. The van der Waals surface area contributed by atoms with E-state index < -0.39 is 25.0 Å². The van der Waals surface area contributed by atoms with E-state index in [1.165, 1.54) is 6.92 Å². The molecule has 0 spiro atoms. The van der Waals surface area contributed by atoms with E-state index in [0.29, 0.717) is 0 Å². The molecule has 1 heterocycles.